The summed E-state index contributed by atoms with van der Waals surface area (Å²) in [6.07, 6.45) is 6.20. The highest BCUT2D eigenvalue weighted by molar-refractivity contribution is 5.74. The number of nitrogens with zero attached hydrogens (tertiary/aromatic N) is 2. The number of ether oxygens (including phenoxy) is 1. The minimum Gasteiger partial charge on any atom is -0.365 e. The lowest BCUT2D eigenvalue weighted by molar-refractivity contribution is -0.385. The fourth-order valence-corrected chi connectivity index (χ4v) is 2.46. The van der Waals surface area contributed by atoms with Gasteiger partial charge in [-0.05, 0) is 30.1 Å². The summed E-state index contributed by atoms with van der Waals surface area (Å²) in [7, 11) is 0. The van der Waals surface area contributed by atoms with E-state index in [9.17, 15) is 10.1 Å². The van der Waals surface area contributed by atoms with Crippen LogP contribution in [0.1, 0.15) is 18.9 Å². The first-order chi connectivity index (χ1) is 8.16. The number of aromatic nitrogens is 1. The molecule has 1 aromatic rings. The van der Waals surface area contributed by atoms with Crippen molar-refractivity contribution in [1.82, 2.24) is 4.98 Å². The number of pyridine rings is 1. The van der Waals surface area contributed by atoms with Crippen LogP contribution in [0.2, 0.25) is 0 Å². The summed E-state index contributed by atoms with van der Waals surface area (Å²) < 4.78 is 5.48. The first-order valence-electron chi connectivity index (χ1n) is 5.62. The van der Waals surface area contributed by atoms with Crippen LogP contribution in [0.5, 0.6) is 0 Å². The molecular weight excluding hydrogens is 220 g/mol. The molecule has 0 bridgehead atoms. The molecule has 0 spiro atoms. The SMILES string of the molecule is C[C@H]1CC(c2ccncc2[N+](=O)[O-])=C[C@@H]2O[C@@H]21. The van der Waals surface area contributed by atoms with Crippen molar-refractivity contribution in [2.24, 2.45) is 5.92 Å². The Morgan fingerprint density at radius 3 is 3.12 bits per heavy atom. The Kier molecular flexibility index (Phi) is 2.22. The standard InChI is InChI=1S/C12H12N2O3/c1-7-4-8(5-11-12(7)17-11)9-2-3-13-6-10(9)14(15)16/h2-3,5-7,11-12H,4H2,1H3/t7-,11-,12+/m0/s1. The van der Waals surface area contributed by atoms with Gasteiger partial charge in [-0.3, -0.25) is 15.1 Å². The van der Waals surface area contributed by atoms with E-state index < -0.39 is 0 Å². The fourth-order valence-electron chi connectivity index (χ4n) is 2.46. The average molecular weight is 232 g/mol. The highest BCUT2D eigenvalue weighted by atomic mass is 16.6. The van der Waals surface area contributed by atoms with Gasteiger partial charge in [-0.25, -0.2) is 0 Å². The van der Waals surface area contributed by atoms with E-state index in [-0.39, 0.29) is 16.7 Å². The first kappa shape index (κ1) is 10.4. The zero-order chi connectivity index (χ0) is 12.0. The Morgan fingerprint density at radius 2 is 2.41 bits per heavy atom. The molecule has 0 amide bonds. The maximum absolute atomic E-state index is 10.9. The van der Waals surface area contributed by atoms with Crippen LogP contribution in [0.4, 0.5) is 5.69 Å². The lowest BCUT2D eigenvalue weighted by atomic mass is 9.86. The Labute approximate surface area is 98.3 Å². The molecule has 1 aliphatic heterocycles. The lowest BCUT2D eigenvalue weighted by Gasteiger charge is -2.15. The van der Waals surface area contributed by atoms with Crippen molar-refractivity contribution in [3.8, 4) is 0 Å². The van der Waals surface area contributed by atoms with Crippen LogP contribution >= 0.6 is 0 Å². The molecule has 0 saturated carbocycles. The highest BCUT2D eigenvalue weighted by Crippen LogP contribution is 2.43. The minimum absolute atomic E-state index is 0.0741. The van der Waals surface area contributed by atoms with Crippen molar-refractivity contribution in [3.05, 3.63) is 40.2 Å². The normalized spacial score (nSPS) is 30.4. The third-order valence-corrected chi connectivity index (χ3v) is 3.37. The van der Waals surface area contributed by atoms with Crippen molar-refractivity contribution in [2.45, 2.75) is 25.6 Å². The molecule has 5 heteroatoms. The molecule has 0 aromatic carbocycles. The summed E-state index contributed by atoms with van der Waals surface area (Å²) in [5.74, 6) is 0.424. The Bertz CT molecular complexity index is 512. The van der Waals surface area contributed by atoms with E-state index in [2.05, 4.69) is 11.9 Å². The van der Waals surface area contributed by atoms with Crippen molar-refractivity contribution in [2.75, 3.05) is 0 Å². The third-order valence-electron chi connectivity index (χ3n) is 3.37. The van der Waals surface area contributed by atoms with Gasteiger partial charge in [0.1, 0.15) is 12.3 Å². The summed E-state index contributed by atoms with van der Waals surface area (Å²) >= 11 is 0. The number of nitro groups is 1. The van der Waals surface area contributed by atoms with Crippen LogP contribution in [-0.4, -0.2) is 22.1 Å². The van der Waals surface area contributed by atoms with Crippen LogP contribution < -0.4 is 0 Å². The van der Waals surface area contributed by atoms with Gasteiger partial charge in [0.2, 0.25) is 0 Å². The van der Waals surface area contributed by atoms with Crippen molar-refractivity contribution in [3.63, 3.8) is 0 Å². The van der Waals surface area contributed by atoms with Crippen LogP contribution in [0.25, 0.3) is 5.57 Å². The molecule has 0 radical (unpaired) electrons. The summed E-state index contributed by atoms with van der Waals surface area (Å²) in [4.78, 5) is 14.4. The molecule has 3 atom stereocenters. The fraction of sp³-hybridized carbons (Fsp3) is 0.417. The summed E-state index contributed by atoms with van der Waals surface area (Å²) in [5.41, 5.74) is 1.75. The number of rotatable bonds is 2. The minimum atomic E-state index is -0.381. The molecule has 5 nitrogen and oxygen atoms in total. The molecule has 0 N–H and O–H groups in total. The topological polar surface area (TPSA) is 68.6 Å². The number of fused-ring (bicyclic) bond motifs is 1. The molecule has 3 rings (SSSR count). The molecule has 1 fully saturated rings. The predicted octanol–water partition coefficient (Wildman–Crippen LogP) is 2.18. The Morgan fingerprint density at radius 1 is 1.59 bits per heavy atom. The van der Waals surface area contributed by atoms with Crippen molar-refractivity contribution < 1.29 is 9.66 Å². The van der Waals surface area contributed by atoms with Crippen LogP contribution in [0.3, 0.4) is 0 Å². The molecule has 88 valence electrons. The van der Waals surface area contributed by atoms with E-state index in [1.165, 1.54) is 6.20 Å². The van der Waals surface area contributed by atoms with E-state index in [1.54, 1.807) is 12.3 Å². The van der Waals surface area contributed by atoms with Gasteiger partial charge in [0.25, 0.3) is 5.69 Å². The molecular formula is C12H12N2O3. The van der Waals surface area contributed by atoms with Crippen LogP contribution in [0, 0.1) is 16.0 Å². The van der Waals surface area contributed by atoms with Gasteiger partial charge >= 0.3 is 0 Å². The zero-order valence-corrected chi connectivity index (χ0v) is 9.37. The Hall–Kier alpha value is -1.75. The molecule has 0 unspecified atom stereocenters. The van der Waals surface area contributed by atoms with Gasteiger partial charge in [0.15, 0.2) is 0 Å². The van der Waals surface area contributed by atoms with Crippen molar-refractivity contribution in [1.29, 1.82) is 0 Å². The monoisotopic (exact) mass is 232 g/mol. The predicted molar refractivity (Wildman–Crippen MR) is 61.3 cm³/mol. The average Bonchev–Trinajstić information content (AvgIpc) is 3.08. The second-order valence-corrected chi connectivity index (χ2v) is 4.59. The maximum atomic E-state index is 10.9. The number of hydrogen-bond donors (Lipinski definition) is 0. The van der Waals surface area contributed by atoms with E-state index in [0.717, 1.165) is 12.0 Å². The number of allylic oxidation sites excluding steroid dienone is 1. The molecule has 2 heterocycles. The van der Waals surface area contributed by atoms with E-state index in [0.29, 0.717) is 17.6 Å². The maximum Gasteiger partial charge on any atom is 0.294 e. The third kappa shape index (κ3) is 1.72. The van der Waals surface area contributed by atoms with Gasteiger partial charge < -0.3 is 4.74 Å². The van der Waals surface area contributed by atoms with Crippen LogP contribution in [-0.2, 0) is 4.74 Å². The lowest BCUT2D eigenvalue weighted by Crippen LogP contribution is -2.12. The highest BCUT2D eigenvalue weighted by Gasteiger charge is 2.45. The van der Waals surface area contributed by atoms with E-state index in [4.69, 9.17) is 4.74 Å². The van der Waals surface area contributed by atoms with Crippen LogP contribution in [0.15, 0.2) is 24.5 Å². The number of epoxide rings is 1. The van der Waals surface area contributed by atoms with Gasteiger partial charge in [-0.2, -0.15) is 0 Å². The second kappa shape index (κ2) is 3.63. The summed E-state index contributed by atoms with van der Waals surface area (Å²) in [5, 5.41) is 10.9. The van der Waals surface area contributed by atoms with Gasteiger partial charge in [0, 0.05) is 6.20 Å². The molecule has 1 aromatic heterocycles. The summed E-state index contributed by atoms with van der Waals surface area (Å²) in [6, 6.07) is 1.71. The first-order valence-corrected chi connectivity index (χ1v) is 5.62. The van der Waals surface area contributed by atoms with Crippen molar-refractivity contribution >= 4 is 11.3 Å². The molecule has 1 saturated heterocycles. The van der Waals surface area contributed by atoms with Gasteiger partial charge in [0.05, 0.1) is 16.6 Å². The molecule has 2 aliphatic rings. The van der Waals surface area contributed by atoms with E-state index >= 15 is 0 Å². The largest absolute Gasteiger partial charge is 0.365 e. The molecule has 17 heavy (non-hydrogen) atoms. The second-order valence-electron chi connectivity index (χ2n) is 4.59. The van der Waals surface area contributed by atoms with Gasteiger partial charge in [-0.1, -0.05) is 6.92 Å². The van der Waals surface area contributed by atoms with Gasteiger partial charge in [-0.15, -0.1) is 0 Å². The summed E-state index contributed by atoms with van der Waals surface area (Å²) in [6.45, 7) is 2.12. The number of hydrogen-bond acceptors (Lipinski definition) is 4. The smallest absolute Gasteiger partial charge is 0.294 e. The Balaban J connectivity index is 2.02. The zero-order valence-electron chi connectivity index (χ0n) is 9.37. The van der Waals surface area contributed by atoms with E-state index in [1.807, 2.05) is 6.08 Å². The molecule has 1 aliphatic carbocycles. The quantitative estimate of drug-likeness (QED) is 0.445.